The van der Waals surface area contributed by atoms with Gasteiger partial charge < -0.3 is 5.32 Å². The minimum atomic E-state index is -0.493. The molecule has 126 valence electrons. The molecule has 0 atom stereocenters. The molecule has 1 amide bonds. The highest BCUT2D eigenvalue weighted by atomic mass is 32.2. The molecule has 0 bridgehead atoms. The highest BCUT2D eigenvalue weighted by molar-refractivity contribution is 7.98. The molecular weight excluding hydrogens is 331 g/mol. The normalized spacial score (nSPS) is 10.4. The highest BCUT2D eigenvalue weighted by Gasteiger charge is 2.15. The molecule has 0 aromatic heterocycles. The minimum absolute atomic E-state index is 0.0326. The monoisotopic (exact) mass is 348 g/mol. The van der Waals surface area contributed by atoms with Crippen molar-refractivity contribution in [3.63, 3.8) is 0 Å². The van der Waals surface area contributed by atoms with Gasteiger partial charge in [0, 0.05) is 29.7 Å². The van der Waals surface area contributed by atoms with Crippen molar-refractivity contribution >= 4 is 23.4 Å². The van der Waals surface area contributed by atoms with Crippen LogP contribution in [0.25, 0.3) is 0 Å². The molecule has 2 rings (SSSR count). The molecule has 7 heteroatoms. The average Bonchev–Trinajstić information content (AvgIpc) is 2.56. The fourth-order valence-corrected chi connectivity index (χ4v) is 2.98. The standard InChI is InChI=1S/C17H17FN2O3S/c18-15-7-3-1-6-14(15)12-24-10-9-19-17(21)11-13-5-2-4-8-16(13)20(22)23/h1-8H,9-12H2,(H,19,21). The predicted octanol–water partition coefficient (Wildman–Crippen LogP) is 3.33. The van der Waals surface area contributed by atoms with Crippen LogP contribution in [0.5, 0.6) is 0 Å². The van der Waals surface area contributed by atoms with E-state index in [2.05, 4.69) is 5.32 Å². The minimum Gasteiger partial charge on any atom is -0.355 e. The van der Waals surface area contributed by atoms with Gasteiger partial charge in [0.2, 0.25) is 5.91 Å². The summed E-state index contributed by atoms with van der Waals surface area (Å²) < 4.78 is 13.4. The zero-order valence-electron chi connectivity index (χ0n) is 12.9. The van der Waals surface area contributed by atoms with E-state index >= 15 is 0 Å². The van der Waals surface area contributed by atoms with Gasteiger partial charge in [-0.05, 0) is 11.6 Å². The quantitative estimate of drug-likeness (QED) is 0.451. The molecule has 0 unspecified atom stereocenters. The lowest BCUT2D eigenvalue weighted by Crippen LogP contribution is -2.27. The summed E-state index contributed by atoms with van der Waals surface area (Å²) in [6.07, 6.45) is -0.0326. The molecule has 0 aliphatic carbocycles. The van der Waals surface area contributed by atoms with Crippen LogP contribution in [0.4, 0.5) is 10.1 Å². The molecule has 0 saturated heterocycles. The number of hydrogen-bond acceptors (Lipinski definition) is 4. The zero-order valence-corrected chi connectivity index (χ0v) is 13.7. The van der Waals surface area contributed by atoms with E-state index in [1.165, 1.54) is 23.9 Å². The third-order valence-corrected chi connectivity index (χ3v) is 4.33. The van der Waals surface area contributed by atoms with Crippen molar-refractivity contribution < 1.29 is 14.1 Å². The Morgan fingerprint density at radius 1 is 1.12 bits per heavy atom. The van der Waals surface area contributed by atoms with Crippen molar-refractivity contribution in [2.45, 2.75) is 12.2 Å². The SMILES string of the molecule is O=C(Cc1ccccc1[N+](=O)[O-])NCCSCc1ccccc1F. The number of nitrogens with one attached hydrogen (secondary N) is 1. The predicted molar refractivity (Wildman–Crippen MR) is 92.4 cm³/mol. The van der Waals surface area contributed by atoms with Gasteiger partial charge >= 0.3 is 0 Å². The summed E-state index contributed by atoms with van der Waals surface area (Å²) in [6, 6.07) is 12.8. The van der Waals surface area contributed by atoms with Gasteiger partial charge in [-0.1, -0.05) is 36.4 Å². The van der Waals surface area contributed by atoms with E-state index in [1.807, 2.05) is 0 Å². The summed E-state index contributed by atoms with van der Waals surface area (Å²) in [5.74, 6) is 0.671. The van der Waals surface area contributed by atoms with Crippen LogP contribution in [0.2, 0.25) is 0 Å². The van der Waals surface area contributed by atoms with Crippen molar-refractivity contribution in [2.24, 2.45) is 0 Å². The second-order valence-corrected chi connectivity index (χ2v) is 6.16. The topological polar surface area (TPSA) is 72.2 Å². The number of carbonyl (C=O) groups excluding carboxylic acids is 1. The first-order valence-corrected chi connectivity index (χ1v) is 8.53. The van der Waals surface area contributed by atoms with Crippen molar-refractivity contribution in [1.82, 2.24) is 5.32 Å². The highest BCUT2D eigenvalue weighted by Crippen LogP contribution is 2.18. The van der Waals surface area contributed by atoms with Gasteiger partial charge in [0.15, 0.2) is 0 Å². The molecule has 5 nitrogen and oxygen atoms in total. The summed E-state index contributed by atoms with van der Waals surface area (Å²) >= 11 is 1.51. The number of rotatable bonds is 8. The first-order valence-electron chi connectivity index (χ1n) is 7.38. The van der Waals surface area contributed by atoms with Gasteiger partial charge in [0.1, 0.15) is 5.82 Å². The lowest BCUT2D eigenvalue weighted by molar-refractivity contribution is -0.385. The van der Waals surface area contributed by atoms with Crippen LogP contribution < -0.4 is 5.32 Å². The fourth-order valence-electron chi connectivity index (χ4n) is 2.13. The molecular formula is C17H17FN2O3S. The Hall–Kier alpha value is -2.41. The van der Waals surface area contributed by atoms with Crippen molar-refractivity contribution in [2.75, 3.05) is 12.3 Å². The number of thioether (sulfide) groups is 1. The summed E-state index contributed by atoms with van der Waals surface area (Å²) in [5.41, 5.74) is 0.967. The van der Waals surface area contributed by atoms with Crippen LogP contribution in [-0.2, 0) is 17.0 Å². The van der Waals surface area contributed by atoms with Gasteiger partial charge in [0.25, 0.3) is 5.69 Å². The zero-order chi connectivity index (χ0) is 17.4. The molecule has 1 N–H and O–H groups in total. The van der Waals surface area contributed by atoms with Crippen LogP contribution >= 0.6 is 11.8 Å². The Morgan fingerprint density at radius 3 is 2.50 bits per heavy atom. The summed E-state index contributed by atoms with van der Waals surface area (Å²) in [5, 5.41) is 13.6. The molecule has 0 saturated carbocycles. The van der Waals surface area contributed by atoms with Crippen molar-refractivity contribution in [1.29, 1.82) is 0 Å². The number of halogens is 1. The van der Waals surface area contributed by atoms with E-state index in [0.717, 1.165) is 0 Å². The molecule has 2 aromatic carbocycles. The summed E-state index contributed by atoms with van der Waals surface area (Å²) in [7, 11) is 0. The first kappa shape index (κ1) is 17.9. The van der Waals surface area contributed by atoms with Gasteiger partial charge in [-0.2, -0.15) is 11.8 Å². The molecule has 0 heterocycles. The molecule has 0 fully saturated rings. The van der Waals surface area contributed by atoms with Crippen LogP contribution in [0.3, 0.4) is 0 Å². The van der Waals surface area contributed by atoms with Gasteiger partial charge in [-0.3, -0.25) is 14.9 Å². The molecule has 24 heavy (non-hydrogen) atoms. The van der Waals surface area contributed by atoms with Gasteiger partial charge in [-0.25, -0.2) is 4.39 Å². The smallest absolute Gasteiger partial charge is 0.273 e. The maximum Gasteiger partial charge on any atom is 0.273 e. The van der Waals surface area contributed by atoms with Crippen LogP contribution in [0.1, 0.15) is 11.1 Å². The van der Waals surface area contributed by atoms with E-state index in [0.29, 0.717) is 29.2 Å². The second-order valence-electron chi connectivity index (χ2n) is 5.06. The number of nitrogens with zero attached hydrogens (tertiary/aromatic N) is 1. The van der Waals surface area contributed by atoms with E-state index in [-0.39, 0.29) is 23.8 Å². The number of carbonyl (C=O) groups is 1. The largest absolute Gasteiger partial charge is 0.355 e. The molecule has 0 aliphatic rings. The number of nitro benzene ring substituents is 1. The van der Waals surface area contributed by atoms with E-state index in [1.54, 1.807) is 36.4 Å². The number of nitro groups is 1. The maximum atomic E-state index is 13.4. The molecule has 0 spiro atoms. The summed E-state index contributed by atoms with van der Waals surface area (Å²) in [6.45, 7) is 0.429. The number of benzene rings is 2. The third-order valence-electron chi connectivity index (χ3n) is 3.32. The van der Waals surface area contributed by atoms with Crippen molar-refractivity contribution in [3.8, 4) is 0 Å². The Bertz CT molecular complexity index is 724. The van der Waals surface area contributed by atoms with Crippen LogP contribution in [0.15, 0.2) is 48.5 Å². The third kappa shape index (κ3) is 5.34. The van der Waals surface area contributed by atoms with E-state index in [4.69, 9.17) is 0 Å². The number of amides is 1. The number of hydrogen-bond donors (Lipinski definition) is 1. The molecule has 2 aromatic rings. The molecule has 0 radical (unpaired) electrons. The Balaban J connectivity index is 1.72. The first-order chi connectivity index (χ1) is 11.6. The average molecular weight is 348 g/mol. The lowest BCUT2D eigenvalue weighted by Gasteiger charge is -2.06. The van der Waals surface area contributed by atoms with Crippen LogP contribution in [-0.4, -0.2) is 23.1 Å². The van der Waals surface area contributed by atoms with Crippen LogP contribution in [0, 0.1) is 15.9 Å². The van der Waals surface area contributed by atoms with E-state index in [9.17, 15) is 19.3 Å². The lowest BCUT2D eigenvalue weighted by atomic mass is 10.1. The van der Waals surface area contributed by atoms with Gasteiger partial charge in [-0.15, -0.1) is 0 Å². The maximum absolute atomic E-state index is 13.4. The summed E-state index contributed by atoms with van der Waals surface area (Å²) in [4.78, 5) is 22.3. The Morgan fingerprint density at radius 2 is 1.79 bits per heavy atom. The number of para-hydroxylation sites is 1. The second kappa shape index (κ2) is 9.02. The van der Waals surface area contributed by atoms with Gasteiger partial charge in [0.05, 0.1) is 11.3 Å². The fraction of sp³-hybridized carbons (Fsp3) is 0.235. The Kier molecular flexibility index (Phi) is 6.74. The molecule has 0 aliphatic heterocycles. The van der Waals surface area contributed by atoms with E-state index < -0.39 is 4.92 Å². The van der Waals surface area contributed by atoms with Crippen molar-refractivity contribution in [3.05, 3.63) is 75.6 Å². The Labute approximate surface area is 143 Å².